The number of carboxylic acid groups (broad SMARTS) is 1. The van der Waals surface area contributed by atoms with Gasteiger partial charge in [0.2, 0.25) is 0 Å². The van der Waals surface area contributed by atoms with E-state index >= 15 is 0 Å². The van der Waals surface area contributed by atoms with E-state index in [0.29, 0.717) is 5.69 Å². The van der Waals surface area contributed by atoms with Gasteiger partial charge >= 0.3 is 5.97 Å². The van der Waals surface area contributed by atoms with Gasteiger partial charge in [0.05, 0.1) is 30.7 Å². The van der Waals surface area contributed by atoms with Crippen molar-refractivity contribution in [3.63, 3.8) is 0 Å². The maximum Gasteiger partial charge on any atom is 0.359 e. The maximum atomic E-state index is 12.1. The Morgan fingerprint density at radius 2 is 2.08 bits per heavy atom. The normalized spacial score (nSPS) is 32.2. The molecule has 1 aromatic heterocycles. The van der Waals surface area contributed by atoms with Crippen LogP contribution in [0.2, 0.25) is 0 Å². The van der Waals surface area contributed by atoms with E-state index in [9.17, 15) is 25.2 Å². The first-order valence-electron chi connectivity index (χ1n) is 8.43. The molecule has 0 aliphatic carbocycles. The molecule has 1 aromatic rings. The third-order valence-corrected chi connectivity index (χ3v) is 4.83. The molecular weight excluding hydrogens is 346 g/mol. The molecule has 0 radical (unpaired) electrons. The van der Waals surface area contributed by atoms with Gasteiger partial charge in [0.25, 0.3) is 5.72 Å². The molecule has 0 aromatic carbocycles. The van der Waals surface area contributed by atoms with Crippen molar-refractivity contribution in [1.82, 2.24) is 15.0 Å². The molecule has 1 unspecified atom stereocenters. The van der Waals surface area contributed by atoms with Crippen molar-refractivity contribution in [1.29, 1.82) is 0 Å². The third kappa shape index (κ3) is 3.60. The monoisotopic (exact) mass is 373 g/mol. The van der Waals surface area contributed by atoms with Gasteiger partial charge in [-0.15, -0.1) is 5.10 Å². The molecule has 10 nitrogen and oxygen atoms in total. The Hall–Kier alpha value is -1.59. The van der Waals surface area contributed by atoms with E-state index < -0.39 is 48.6 Å². The predicted molar refractivity (Wildman–Crippen MR) is 88.1 cm³/mol. The summed E-state index contributed by atoms with van der Waals surface area (Å²) in [7, 11) is 0. The number of nitrogens with zero attached hydrogens (tertiary/aromatic N) is 3. The van der Waals surface area contributed by atoms with Crippen molar-refractivity contribution in [2.24, 2.45) is 5.92 Å². The molecule has 2 rings (SSSR count). The zero-order chi connectivity index (χ0) is 19.9. The molecule has 6 atom stereocenters. The molecule has 1 saturated heterocycles. The molecule has 26 heavy (non-hydrogen) atoms. The number of carboxylic acids is 1. The molecule has 148 valence electrons. The van der Waals surface area contributed by atoms with E-state index in [1.165, 1.54) is 6.20 Å². The Kier molecular flexibility index (Phi) is 5.74. The van der Waals surface area contributed by atoms with Gasteiger partial charge < -0.3 is 30.3 Å². The zero-order valence-corrected chi connectivity index (χ0v) is 15.3. The second kappa shape index (κ2) is 7.20. The summed E-state index contributed by atoms with van der Waals surface area (Å²) < 4.78 is 6.72. The van der Waals surface area contributed by atoms with Crippen LogP contribution in [0, 0.1) is 5.92 Å². The Morgan fingerprint density at radius 1 is 1.46 bits per heavy atom. The van der Waals surface area contributed by atoms with E-state index in [4.69, 9.17) is 9.84 Å². The molecule has 1 aliphatic heterocycles. The summed E-state index contributed by atoms with van der Waals surface area (Å²) in [5.41, 5.74) is -1.95. The van der Waals surface area contributed by atoms with Gasteiger partial charge in [-0.2, -0.15) is 0 Å². The second-order valence-corrected chi connectivity index (χ2v) is 7.84. The van der Waals surface area contributed by atoms with Crippen molar-refractivity contribution in [2.75, 3.05) is 6.61 Å². The average molecular weight is 373 g/mol. The molecule has 0 saturated carbocycles. The van der Waals surface area contributed by atoms with Crippen LogP contribution in [0.5, 0.6) is 0 Å². The summed E-state index contributed by atoms with van der Waals surface area (Å²) in [5.74, 6) is -2.09. The minimum absolute atomic E-state index is 0.311. The number of aromatic nitrogens is 3. The molecule has 0 spiro atoms. The fourth-order valence-electron chi connectivity index (χ4n) is 2.94. The van der Waals surface area contributed by atoms with Gasteiger partial charge in [-0.1, -0.05) is 32.9 Å². The summed E-state index contributed by atoms with van der Waals surface area (Å²) in [6.45, 7) is 6.49. The largest absolute Gasteiger partial charge is 0.478 e. The second-order valence-electron chi connectivity index (χ2n) is 7.84. The lowest BCUT2D eigenvalue weighted by atomic mass is 9.83. The zero-order valence-electron chi connectivity index (χ0n) is 15.3. The van der Waals surface area contributed by atoms with Gasteiger partial charge in [-0.25, -0.2) is 9.48 Å². The molecular formula is C16H27N3O7. The lowest BCUT2D eigenvalue weighted by molar-refractivity contribution is -0.266. The van der Waals surface area contributed by atoms with Gasteiger partial charge in [-0.3, -0.25) is 0 Å². The van der Waals surface area contributed by atoms with Crippen LogP contribution in [0.25, 0.3) is 0 Å². The van der Waals surface area contributed by atoms with Crippen LogP contribution in [0.3, 0.4) is 0 Å². The molecule has 5 N–H and O–H groups in total. The summed E-state index contributed by atoms with van der Waals surface area (Å²) in [4.78, 5) is 12.1. The van der Waals surface area contributed by atoms with Crippen molar-refractivity contribution in [2.45, 2.75) is 69.7 Å². The standard InChI is InChI=1S/C16H27N3O7/c1-8-9(21)5-16(14(24)25,26-13(8)12(23)10(22)7-20)19-6-11(17-18-19)15(2,3)4/h6,8-10,12-13,20-23H,5,7H2,1-4H3,(H,24,25)/t8-,9-,10-,12-,13?,16-/m1/s1. The first kappa shape index (κ1) is 20.7. The third-order valence-electron chi connectivity index (χ3n) is 4.83. The molecule has 1 aliphatic rings. The summed E-state index contributed by atoms with van der Waals surface area (Å²) in [6, 6.07) is 0. The highest BCUT2D eigenvalue weighted by molar-refractivity contribution is 5.75. The fraction of sp³-hybridized carbons (Fsp3) is 0.812. The molecule has 1 fully saturated rings. The van der Waals surface area contributed by atoms with Crippen LogP contribution < -0.4 is 0 Å². The number of carbonyl (C=O) groups is 1. The predicted octanol–water partition coefficient (Wildman–Crippen LogP) is -1.19. The quantitative estimate of drug-likeness (QED) is 0.428. The number of aliphatic carboxylic acids is 1. The number of rotatable bonds is 5. The molecule has 0 amide bonds. The van der Waals surface area contributed by atoms with Gasteiger partial charge in [0.15, 0.2) is 0 Å². The van der Waals surface area contributed by atoms with Crippen LogP contribution in [0.15, 0.2) is 6.20 Å². The summed E-state index contributed by atoms with van der Waals surface area (Å²) >= 11 is 0. The van der Waals surface area contributed by atoms with Crippen LogP contribution in [0.1, 0.15) is 39.8 Å². The molecule has 2 heterocycles. The molecule has 10 heteroatoms. The minimum Gasteiger partial charge on any atom is -0.478 e. The number of aliphatic hydroxyl groups excluding tert-OH is 4. The Morgan fingerprint density at radius 3 is 2.54 bits per heavy atom. The van der Waals surface area contributed by atoms with Crippen LogP contribution in [-0.4, -0.2) is 77.5 Å². The van der Waals surface area contributed by atoms with Crippen molar-refractivity contribution in [3.05, 3.63) is 11.9 Å². The Bertz CT molecular complexity index is 644. The number of hydrogen-bond donors (Lipinski definition) is 5. The fourth-order valence-corrected chi connectivity index (χ4v) is 2.94. The molecule has 0 bridgehead atoms. The van der Waals surface area contributed by atoms with E-state index in [0.717, 1.165) is 4.68 Å². The number of ether oxygens (including phenoxy) is 1. The Balaban J connectivity index is 2.47. The summed E-state index contributed by atoms with van der Waals surface area (Å²) in [5, 5.41) is 57.1. The minimum atomic E-state index is -2.09. The highest BCUT2D eigenvalue weighted by Gasteiger charge is 2.55. The van der Waals surface area contributed by atoms with Crippen molar-refractivity contribution in [3.8, 4) is 0 Å². The number of hydrogen-bond acceptors (Lipinski definition) is 8. The Labute approximate surface area is 151 Å². The first-order valence-corrected chi connectivity index (χ1v) is 8.43. The SMILES string of the molecule is C[C@H]1C([C@H](O)[C@H](O)CO)O[C@](C(=O)O)(n2cc(C(C)(C)C)nn2)C[C@H]1O. The van der Waals surface area contributed by atoms with E-state index in [1.54, 1.807) is 6.92 Å². The topological polar surface area (TPSA) is 158 Å². The highest BCUT2D eigenvalue weighted by Crippen LogP contribution is 2.38. The lowest BCUT2D eigenvalue weighted by Crippen LogP contribution is -2.61. The van der Waals surface area contributed by atoms with Crippen LogP contribution in [-0.2, 0) is 20.7 Å². The van der Waals surface area contributed by atoms with Crippen molar-refractivity contribution >= 4 is 5.97 Å². The van der Waals surface area contributed by atoms with Gasteiger partial charge in [0, 0.05) is 17.8 Å². The van der Waals surface area contributed by atoms with E-state index in [2.05, 4.69) is 10.3 Å². The van der Waals surface area contributed by atoms with Crippen LogP contribution >= 0.6 is 0 Å². The highest BCUT2D eigenvalue weighted by atomic mass is 16.6. The first-order chi connectivity index (χ1) is 11.9. The lowest BCUT2D eigenvalue weighted by Gasteiger charge is -2.45. The smallest absolute Gasteiger partial charge is 0.359 e. The van der Waals surface area contributed by atoms with E-state index in [1.807, 2.05) is 20.8 Å². The van der Waals surface area contributed by atoms with E-state index in [-0.39, 0.29) is 11.8 Å². The van der Waals surface area contributed by atoms with Crippen LogP contribution in [0.4, 0.5) is 0 Å². The average Bonchev–Trinajstić information content (AvgIpc) is 3.06. The van der Waals surface area contributed by atoms with Gasteiger partial charge in [0.1, 0.15) is 12.2 Å². The summed E-state index contributed by atoms with van der Waals surface area (Å²) in [6.07, 6.45) is -4.39. The maximum absolute atomic E-state index is 12.1. The van der Waals surface area contributed by atoms with Crippen molar-refractivity contribution < 1.29 is 35.1 Å². The van der Waals surface area contributed by atoms with Gasteiger partial charge in [-0.05, 0) is 0 Å². The number of aliphatic hydroxyl groups is 4.